The van der Waals surface area contributed by atoms with Gasteiger partial charge in [-0.1, -0.05) is 25.1 Å². The van der Waals surface area contributed by atoms with Crippen LogP contribution < -0.4 is 9.47 Å². The van der Waals surface area contributed by atoms with Crippen LogP contribution in [0.1, 0.15) is 34.1 Å². The molecule has 0 fully saturated rings. The average molecular weight is 314 g/mol. The highest BCUT2D eigenvalue weighted by molar-refractivity contribution is 5.94. The van der Waals surface area contributed by atoms with Crippen molar-refractivity contribution >= 4 is 11.9 Å². The highest BCUT2D eigenvalue weighted by Gasteiger charge is 2.15. The van der Waals surface area contributed by atoms with Crippen LogP contribution in [0.4, 0.5) is 0 Å². The summed E-state index contributed by atoms with van der Waals surface area (Å²) in [6.07, 6.45) is 0.744. The molecule has 0 bridgehead atoms. The lowest BCUT2D eigenvalue weighted by Crippen LogP contribution is -2.11. The van der Waals surface area contributed by atoms with Gasteiger partial charge in [-0.3, -0.25) is 0 Å². The van der Waals surface area contributed by atoms with Crippen LogP contribution in [-0.4, -0.2) is 25.7 Å². The molecule has 23 heavy (non-hydrogen) atoms. The summed E-state index contributed by atoms with van der Waals surface area (Å²) in [6, 6.07) is 13.1. The molecule has 0 N–H and O–H groups in total. The Labute approximate surface area is 134 Å². The molecule has 0 amide bonds. The molecule has 5 nitrogen and oxygen atoms in total. The predicted molar refractivity (Wildman–Crippen MR) is 85.0 cm³/mol. The summed E-state index contributed by atoms with van der Waals surface area (Å²) in [7, 11) is 1.48. The van der Waals surface area contributed by atoms with Crippen LogP contribution in [0.3, 0.4) is 0 Å². The van der Waals surface area contributed by atoms with Gasteiger partial charge in [0.15, 0.2) is 0 Å². The molecule has 0 heterocycles. The summed E-state index contributed by atoms with van der Waals surface area (Å²) >= 11 is 0. The molecule has 0 aliphatic heterocycles. The van der Waals surface area contributed by atoms with E-state index in [2.05, 4.69) is 0 Å². The monoisotopic (exact) mass is 314 g/mol. The summed E-state index contributed by atoms with van der Waals surface area (Å²) < 4.78 is 15.5. The summed E-state index contributed by atoms with van der Waals surface area (Å²) in [5.41, 5.74) is 0.651. The number of ether oxygens (including phenoxy) is 3. The zero-order valence-corrected chi connectivity index (χ0v) is 13.1. The van der Waals surface area contributed by atoms with Gasteiger partial charge in [0.05, 0.1) is 19.3 Å². The number of methoxy groups -OCH3 is 1. The Bertz CT molecular complexity index is 693. The van der Waals surface area contributed by atoms with Gasteiger partial charge < -0.3 is 14.2 Å². The van der Waals surface area contributed by atoms with Crippen LogP contribution in [0, 0.1) is 0 Å². The lowest BCUT2D eigenvalue weighted by molar-refractivity contribution is 0.0503. The van der Waals surface area contributed by atoms with Crippen molar-refractivity contribution in [1.82, 2.24) is 0 Å². The molecule has 0 aromatic heterocycles. The Morgan fingerprint density at radius 2 is 1.78 bits per heavy atom. The van der Waals surface area contributed by atoms with Crippen molar-refractivity contribution in [2.75, 3.05) is 13.7 Å². The number of benzene rings is 2. The Morgan fingerprint density at radius 3 is 2.52 bits per heavy atom. The van der Waals surface area contributed by atoms with Gasteiger partial charge in [-0.05, 0) is 36.8 Å². The van der Waals surface area contributed by atoms with E-state index in [1.165, 1.54) is 13.2 Å². The minimum absolute atomic E-state index is 0.270. The van der Waals surface area contributed by atoms with E-state index in [1.807, 2.05) is 6.92 Å². The molecule has 120 valence electrons. The number of carbonyl (C=O) groups excluding carboxylic acids is 2. The Balaban J connectivity index is 2.14. The van der Waals surface area contributed by atoms with E-state index in [9.17, 15) is 9.59 Å². The van der Waals surface area contributed by atoms with Gasteiger partial charge in [0.25, 0.3) is 0 Å². The van der Waals surface area contributed by atoms with E-state index < -0.39 is 11.9 Å². The van der Waals surface area contributed by atoms with Crippen molar-refractivity contribution < 1.29 is 23.8 Å². The Kier molecular flexibility index (Phi) is 5.74. The van der Waals surface area contributed by atoms with Crippen molar-refractivity contribution in [2.24, 2.45) is 0 Å². The SMILES string of the molecule is CCCOC(=O)c1cccc(OC(=O)c2ccccc2OC)c1. The van der Waals surface area contributed by atoms with E-state index in [-0.39, 0.29) is 5.75 Å². The van der Waals surface area contributed by atoms with Gasteiger partial charge >= 0.3 is 11.9 Å². The second kappa shape index (κ2) is 7.98. The van der Waals surface area contributed by atoms with Crippen LogP contribution >= 0.6 is 0 Å². The molecule has 0 aliphatic carbocycles. The molecule has 2 aromatic rings. The molecule has 0 aliphatic rings. The lowest BCUT2D eigenvalue weighted by atomic mass is 10.2. The second-order valence-electron chi connectivity index (χ2n) is 4.75. The van der Waals surface area contributed by atoms with Crippen LogP contribution in [0.15, 0.2) is 48.5 Å². The number of hydrogen-bond donors (Lipinski definition) is 0. The standard InChI is InChI=1S/C18H18O5/c1-3-11-22-17(19)13-7-6-8-14(12-13)23-18(20)15-9-4-5-10-16(15)21-2/h4-10,12H,3,11H2,1-2H3. The highest BCUT2D eigenvalue weighted by atomic mass is 16.5. The first-order valence-corrected chi connectivity index (χ1v) is 7.28. The smallest absolute Gasteiger partial charge is 0.347 e. The minimum Gasteiger partial charge on any atom is -0.496 e. The fourth-order valence-electron chi connectivity index (χ4n) is 1.94. The molecule has 0 unspecified atom stereocenters. The molecule has 5 heteroatoms. The molecular formula is C18H18O5. The van der Waals surface area contributed by atoms with Crippen LogP contribution in [0.5, 0.6) is 11.5 Å². The maximum absolute atomic E-state index is 12.2. The van der Waals surface area contributed by atoms with Crippen molar-refractivity contribution in [1.29, 1.82) is 0 Å². The number of carbonyl (C=O) groups is 2. The average Bonchev–Trinajstić information content (AvgIpc) is 2.59. The van der Waals surface area contributed by atoms with Gasteiger partial charge in [-0.25, -0.2) is 9.59 Å². The van der Waals surface area contributed by atoms with Crippen LogP contribution in [0.25, 0.3) is 0 Å². The summed E-state index contributed by atoms with van der Waals surface area (Å²) in [4.78, 5) is 24.1. The fourth-order valence-corrected chi connectivity index (χ4v) is 1.94. The van der Waals surface area contributed by atoms with E-state index >= 15 is 0 Å². The number of rotatable bonds is 6. The number of hydrogen-bond acceptors (Lipinski definition) is 5. The fraction of sp³-hybridized carbons (Fsp3) is 0.222. The quantitative estimate of drug-likeness (QED) is 0.603. The van der Waals surface area contributed by atoms with Crippen LogP contribution in [-0.2, 0) is 4.74 Å². The van der Waals surface area contributed by atoms with Crippen molar-refractivity contribution in [2.45, 2.75) is 13.3 Å². The third kappa shape index (κ3) is 4.32. The van der Waals surface area contributed by atoms with E-state index in [4.69, 9.17) is 14.2 Å². The third-order valence-corrected chi connectivity index (χ3v) is 3.04. The van der Waals surface area contributed by atoms with Gasteiger partial charge in [0.2, 0.25) is 0 Å². The molecule has 0 saturated heterocycles. The number of para-hydroxylation sites is 1. The zero-order valence-electron chi connectivity index (χ0n) is 13.1. The van der Waals surface area contributed by atoms with Crippen molar-refractivity contribution in [3.8, 4) is 11.5 Å². The lowest BCUT2D eigenvalue weighted by Gasteiger charge is -2.09. The van der Waals surface area contributed by atoms with E-state index in [1.54, 1.807) is 42.5 Å². The third-order valence-electron chi connectivity index (χ3n) is 3.04. The normalized spacial score (nSPS) is 10.0. The first-order chi connectivity index (χ1) is 11.2. The molecule has 0 atom stereocenters. The zero-order chi connectivity index (χ0) is 16.7. The summed E-state index contributed by atoms with van der Waals surface area (Å²) in [5, 5.41) is 0. The largest absolute Gasteiger partial charge is 0.496 e. The molecule has 2 rings (SSSR count). The molecule has 0 spiro atoms. The van der Waals surface area contributed by atoms with Crippen molar-refractivity contribution in [3.63, 3.8) is 0 Å². The summed E-state index contributed by atoms with van der Waals surface area (Å²) in [6.45, 7) is 2.27. The van der Waals surface area contributed by atoms with Gasteiger partial charge in [-0.2, -0.15) is 0 Å². The number of esters is 2. The van der Waals surface area contributed by atoms with Crippen LogP contribution in [0.2, 0.25) is 0 Å². The molecule has 2 aromatic carbocycles. The molecular weight excluding hydrogens is 296 g/mol. The maximum atomic E-state index is 12.2. The Morgan fingerprint density at radius 1 is 1.00 bits per heavy atom. The molecule has 0 saturated carbocycles. The van der Waals surface area contributed by atoms with Crippen molar-refractivity contribution in [3.05, 3.63) is 59.7 Å². The maximum Gasteiger partial charge on any atom is 0.347 e. The predicted octanol–water partition coefficient (Wildman–Crippen LogP) is 3.48. The highest BCUT2D eigenvalue weighted by Crippen LogP contribution is 2.21. The van der Waals surface area contributed by atoms with Gasteiger partial charge in [0, 0.05) is 0 Å². The van der Waals surface area contributed by atoms with E-state index in [0.717, 1.165) is 6.42 Å². The van der Waals surface area contributed by atoms with E-state index in [0.29, 0.717) is 23.5 Å². The summed E-state index contributed by atoms with van der Waals surface area (Å²) in [5.74, 6) is -0.300. The van der Waals surface area contributed by atoms with Gasteiger partial charge in [-0.15, -0.1) is 0 Å². The topological polar surface area (TPSA) is 61.8 Å². The minimum atomic E-state index is -0.554. The Hall–Kier alpha value is -2.82. The second-order valence-corrected chi connectivity index (χ2v) is 4.75. The first kappa shape index (κ1) is 16.5. The first-order valence-electron chi connectivity index (χ1n) is 7.28. The molecule has 0 radical (unpaired) electrons. The van der Waals surface area contributed by atoms with Gasteiger partial charge in [0.1, 0.15) is 17.1 Å².